The zero-order chi connectivity index (χ0) is 12.1. The number of hydrogen-bond acceptors (Lipinski definition) is 2. The van der Waals surface area contributed by atoms with Gasteiger partial charge in [0.05, 0.1) is 18.1 Å². The fourth-order valence-electron chi connectivity index (χ4n) is 1.18. The molecule has 0 saturated carbocycles. The maximum absolute atomic E-state index is 12.8. The molecule has 0 aliphatic heterocycles. The topological polar surface area (TPSA) is 45.2 Å². The van der Waals surface area contributed by atoms with Gasteiger partial charge in [0.1, 0.15) is 5.82 Å². The number of carbonyl (C=O) groups excluding carboxylic acids is 1. The second kappa shape index (κ2) is 5.25. The molecule has 1 aromatic rings. The maximum Gasteiger partial charge on any atom is 0.321 e. The van der Waals surface area contributed by atoms with Crippen LogP contribution in [0.5, 0.6) is 0 Å². The van der Waals surface area contributed by atoms with Gasteiger partial charge in [-0.2, -0.15) is 0 Å². The molecule has 0 saturated heterocycles. The van der Waals surface area contributed by atoms with E-state index in [0.29, 0.717) is 12.2 Å². The molecule has 0 atom stereocenters. The predicted octanol–water partition coefficient (Wildman–Crippen LogP) is 2.26. The average Bonchev–Trinajstić information content (AvgIpc) is 2.16. The summed E-state index contributed by atoms with van der Waals surface area (Å²) in [4.78, 5) is 16.7. The van der Waals surface area contributed by atoms with Crippen molar-refractivity contribution >= 4 is 11.7 Å². The van der Waals surface area contributed by atoms with Crippen molar-refractivity contribution < 1.29 is 9.18 Å². The fourth-order valence-corrected chi connectivity index (χ4v) is 1.18. The smallest absolute Gasteiger partial charge is 0.321 e. The van der Waals surface area contributed by atoms with Gasteiger partial charge in [-0.1, -0.05) is 12.2 Å². The summed E-state index contributed by atoms with van der Waals surface area (Å²) in [5.41, 5.74) is 1.20. The Balaban J connectivity index is 2.60. The Morgan fingerprint density at radius 2 is 2.31 bits per heavy atom. The summed E-state index contributed by atoms with van der Waals surface area (Å²) >= 11 is 0. The average molecular weight is 223 g/mol. The minimum Gasteiger partial charge on any atom is -0.324 e. The summed E-state index contributed by atoms with van der Waals surface area (Å²) in [7, 11) is 1.64. The third kappa shape index (κ3) is 3.68. The van der Waals surface area contributed by atoms with Crippen molar-refractivity contribution in [2.45, 2.75) is 6.92 Å². The second-order valence-electron chi connectivity index (χ2n) is 3.64. The Morgan fingerprint density at radius 3 is 2.88 bits per heavy atom. The van der Waals surface area contributed by atoms with E-state index in [1.807, 2.05) is 6.92 Å². The Hall–Kier alpha value is -1.91. The molecule has 16 heavy (non-hydrogen) atoms. The minimum atomic E-state index is -0.486. The number of amides is 2. The number of likely N-dealkylation sites (N-methyl/N-ethyl adjacent to an activating group) is 1. The summed E-state index contributed by atoms with van der Waals surface area (Å²) in [5, 5.41) is 2.53. The van der Waals surface area contributed by atoms with Crippen molar-refractivity contribution in [1.29, 1.82) is 0 Å². The van der Waals surface area contributed by atoms with Crippen LogP contribution >= 0.6 is 0 Å². The van der Waals surface area contributed by atoms with Gasteiger partial charge in [0.25, 0.3) is 0 Å². The standard InChI is InChI=1S/C11H14FN3O/c1-8(2)7-15(3)11(16)14-10-4-9(12)5-13-6-10/h4-6H,1,7H2,2-3H3,(H,14,16). The van der Waals surface area contributed by atoms with Gasteiger partial charge >= 0.3 is 6.03 Å². The first-order chi connectivity index (χ1) is 7.49. The highest BCUT2D eigenvalue weighted by molar-refractivity contribution is 5.89. The molecule has 1 aromatic heterocycles. The number of hydrogen-bond donors (Lipinski definition) is 1. The molecule has 0 bridgehead atoms. The van der Waals surface area contributed by atoms with Crippen LogP contribution in [0.15, 0.2) is 30.6 Å². The molecule has 2 amide bonds. The van der Waals surface area contributed by atoms with Gasteiger partial charge in [-0.15, -0.1) is 0 Å². The lowest BCUT2D eigenvalue weighted by molar-refractivity contribution is 0.226. The molecule has 0 unspecified atom stereocenters. The van der Waals surface area contributed by atoms with Crippen LogP contribution in [0.25, 0.3) is 0 Å². The van der Waals surface area contributed by atoms with Gasteiger partial charge in [-0.05, 0) is 6.92 Å². The molecule has 1 N–H and O–H groups in total. The van der Waals surface area contributed by atoms with Gasteiger partial charge in [0, 0.05) is 19.7 Å². The minimum absolute atomic E-state index is 0.324. The number of urea groups is 1. The summed E-state index contributed by atoms with van der Waals surface area (Å²) in [6.07, 6.45) is 2.46. The number of nitrogens with zero attached hydrogens (tertiary/aromatic N) is 2. The lowest BCUT2D eigenvalue weighted by Crippen LogP contribution is -2.32. The molecule has 0 aliphatic carbocycles. The normalized spacial score (nSPS) is 9.69. The number of anilines is 1. The van der Waals surface area contributed by atoms with Crippen LogP contribution in [0, 0.1) is 5.82 Å². The van der Waals surface area contributed by atoms with Crippen LogP contribution in [0.2, 0.25) is 0 Å². The van der Waals surface area contributed by atoms with E-state index in [-0.39, 0.29) is 6.03 Å². The largest absolute Gasteiger partial charge is 0.324 e. The maximum atomic E-state index is 12.8. The molecule has 0 fully saturated rings. The zero-order valence-corrected chi connectivity index (χ0v) is 9.33. The van der Waals surface area contributed by atoms with Crippen LogP contribution in [-0.4, -0.2) is 29.5 Å². The Labute approximate surface area is 93.8 Å². The van der Waals surface area contributed by atoms with Crippen LogP contribution in [0.4, 0.5) is 14.9 Å². The molecule has 86 valence electrons. The molecule has 0 aromatic carbocycles. The molecular weight excluding hydrogens is 209 g/mol. The van der Waals surface area contributed by atoms with E-state index in [9.17, 15) is 9.18 Å². The molecular formula is C11H14FN3O. The quantitative estimate of drug-likeness (QED) is 0.799. The highest BCUT2D eigenvalue weighted by Crippen LogP contribution is 2.07. The Morgan fingerprint density at radius 1 is 1.62 bits per heavy atom. The first-order valence-electron chi connectivity index (χ1n) is 4.76. The van der Waals surface area contributed by atoms with Crippen LogP contribution in [0.1, 0.15) is 6.92 Å². The molecule has 4 nitrogen and oxygen atoms in total. The van der Waals surface area contributed by atoms with E-state index in [1.54, 1.807) is 7.05 Å². The van der Waals surface area contributed by atoms with E-state index < -0.39 is 5.82 Å². The highest BCUT2D eigenvalue weighted by Gasteiger charge is 2.08. The van der Waals surface area contributed by atoms with Crippen molar-refractivity contribution in [1.82, 2.24) is 9.88 Å². The van der Waals surface area contributed by atoms with Crippen molar-refractivity contribution in [3.8, 4) is 0 Å². The van der Waals surface area contributed by atoms with E-state index in [2.05, 4.69) is 16.9 Å². The molecule has 0 spiro atoms. The number of aromatic nitrogens is 1. The van der Waals surface area contributed by atoms with Gasteiger partial charge < -0.3 is 10.2 Å². The van der Waals surface area contributed by atoms with Crippen molar-refractivity contribution in [2.24, 2.45) is 0 Å². The summed E-state index contributed by atoms with van der Waals surface area (Å²) in [6.45, 7) is 5.98. The Kier molecular flexibility index (Phi) is 3.99. The Bertz CT molecular complexity index is 406. The third-order valence-electron chi connectivity index (χ3n) is 1.81. The third-order valence-corrected chi connectivity index (χ3v) is 1.81. The lowest BCUT2D eigenvalue weighted by atomic mass is 10.3. The van der Waals surface area contributed by atoms with Gasteiger partial charge in [0.2, 0.25) is 0 Å². The second-order valence-corrected chi connectivity index (χ2v) is 3.64. The first kappa shape index (κ1) is 12.2. The number of pyridine rings is 1. The monoisotopic (exact) mass is 223 g/mol. The molecule has 0 aliphatic rings. The fraction of sp³-hybridized carbons (Fsp3) is 0.273. The van der Waals surface area contributed by atoms with Crippen molar-refractivity contribution in [3.63, 3.8) is 0 Å². The number of halogens is 1. The zero-order valence-electron chi connectivity index (χ0n) is 9.33. The van der Waals surface area contributed by atoms with E-state index in [0.717, 1.165) is 11.8 Å². The molecule has 1 heterocycles. The molecule has 1 rings (SSSR count). The van der Waals surface area contributed by atoms with Gasteiger partial charge in [-0.3, -0.25) is 4.98 Å². The number of nitrogens with one attached hydrogen (secondary N) is 1. The van der Waals surface area contributed by atoms with E-state index in [1.165, 1.54) is 17.2 Å². The van der Waals surface area contributed by atoms with Gasteiger partial charge in [-0.25, -0.2) is 9.18 Å². The van der Waals surface area contributed by atoms with Crippen LogP contribution in [-0.2, 0) is 0 Å². The van der Waals surface area contributed by atoms with Crippen LogP contribution < -0.4 is 5.32 Å². The van der Waals surface area contributed by atoms with Gasteiger partial charge in [0.15, 0.2) is 0 Å². The van der Waals surface area contributed by atoms with E-state index >= 15 is 0 Å². The summed E-state index contributed by atoms with van der Waals surface area (Å²) < 4.78 is 12.8. The molecule has 5 heteroatoms. The molecule has 0 radical (unpaired) electrons. The predicted molar refractivity (Wildman–Crippen MR) is 60.7 cm³/mol. The number of carbonyl (C=O) groups is 1. The first-order valence-corrected chi connectivity index (χ1v) is 4.76. The van der Waals surface area contributed by atoms with Crippen molar-refractivity contribution in [3.05, 3.63) is 36.4 Å². The summed E-state index contributed by atoms with van der Waals surface area (Å²) in [5.74, 6) is -0.486. The van der Waals surface area contributed by atoms with Crippen LogP contribution in [0.3, 0.4) is 0 Å². The lowest BCUT2D eigenvalue weighted by Gasteiger charge is -2.17. The highest BCUT2D eigenvalue weighted by atomic mass is 19.1. The SMILES string of the molecule is C=C(C)CN(C)C(=O)Nc1cncc(F)c1. The summed E-state index contributed by atoms with van der Waals surface area (Å²) in [6, 6.07) is 0.884. The van der Waals surface area contributed by atoms with Crippen molar-refractivity contribution in [2.75, 3.05) is 18.9 Å². The number of rotatable bonds is 3. The van der Waals surface area contributed by atoms with E-state index in [4.69, 9.17) is 0 Å².